The summed E-state index contributed by atoms with van der Waals surface area (Å²) >= 11 is 5.76. The van der Waals surface area contributed by atoms with Crippen molar-refractivity contribution in [1.29, 1.82) is 5.26 Å². The Kier molecular flexibility index (Phi) is 4.03. The Morgan fingerprint density at radius 3 is 2.47 bits per heavy atom. The topological polar surface area (TPSA) is 27.0 Å². The van der Waals surface area contributed by atoms with Crippen molar-refractivity contribution in [1.82, 2.24) is 0 Å². The highest BCUT2D eigenvalue weighted by Gasteiger charge is 2.10. The normalized spacial score (nSPS) is 10.0. The Bertz CT molecular complexity index is 617. The summed E-state index contributed by atoms with van der Waals surface area (Å²) in [5.74, 6) is 0.0880. The van der Waals surface area contributed by atoms with E-state index < -0.39 is 0 Å². The molecule has 0 bridgehead atoms. The van der Waals surface area contributed by atoms with Gasteiger partial charge in [-0.3, -0.25) is 0 Å². The van der Waals surface area contributed by atoms with Gasteiger partial charge in [-0.15, -0.1) is 11.6 Å². The van der Waals surface area contributed by atoms with Gasteiger partial charge in [-0.2, -0.15) is 5.26 Å². The molecule has 0 atom stereocenters. The first-order chi connectivity index (χ1) is 9.15. The molecule has 2 aromatic carbocycles. The van der Waals surface area contributed by atoms with E-state index in [9.17, 15) is 9.65 Å². The Balaban J connectivity index is 2.41. The van der Waals surface area contributed by atoms with Crippen LogP contribution in [-0.2, 0) is 5.88 Å². The number of benzene rings is 2. The van der Waals surface area contributed by atoms with Crippen molar-refractivity contribution >= 4 is 23.0 Å². The Morgan fingerprint density at radius 1 is 1.21 bits per heavy atom. The summed E-state index contributed by atoms with van der Waals surface area (Å²) in [4.78, 5) is 1.84. The molecule has 2 nitrogen and oxygen atoms in total. The Hall–Kier alpha value is -2.05. The van der Waals surface area contributed by atoms with Crippen LogP contribution < -0.4 is 4.90 Å². The van der Waals surface area contributed by atoms with E-state index >= 15 is 0 Å². The first-order valence-corrected chi connectivity index (χ1v) is 6.27. The summed E-state index contributed by atoms with van der Waals surface area (Å²) in [7, 11) is 1.84. The number of nitrogens with zero attached hydrogens (tertiary/aromatic N) is 2. The van der Waals surface area contributed by atoms with Gasteiger partial charge >= 0.3 is 0 Å². The van der Waals surface area contributed by atoms with Crippen molar-refractivity contribution < 1.29 is 4.39 Å². The lowest BCUT2D eigenvalue weighted by Crippen LogP contribution is -2.11. The Labute approximate surface area is 116 Å². The molecule has 2 rings (SSSR count). The van der Waals surface area contributed by atoms with E-state index in [1.165, 1.54) is 12.1 Å². The third-order valence-corrected chi connectivity index (χ3v) is 3.22. The molecule has 0 unspecified atom stereocenters. The van der Waals surface area contributed by atoms with Crippen molar-refractivity contribution in [2.45, 2.75) is 5.88 Å². The second-order valence-corrected chi connectivity index (χ2v) is 4.40. The van der Waals surface area contributed by atoms with Crippen LogP contribution in [0.1, 0.15) is 11.1 Å². The number of hydrogen-bond acceptors (Lipinski definition) is 2. The van der Waals surface area contributed by atoms with Gasteiger partial charge in [-0.05, 0) is 42.0 Å². The highest BCUT2D eigenvalue weighted by molar-refractivity contribution is 6.17. The molecule has 4 heteroatoms. The molecule has 0 saturated carbocycles. The SMILES string of the molecule is CN(c1ccc(F)cc1)c1ccc(CCl)cc1C#N. The Morgan fingerprint density at radius 2 is 1.89 bits per heavy atom. The van der Waals surface area contributed by atoms with Crippen LogP contribution in [-0.4, -0.2) is 7.05 Å². The first kappa shape index (κ1) is 13.4. The van der Waals surface area contributed by atoms with Gasteiger partial charge in [0.25, 0.3) is 0 Å². The standard InChI is InChI=1S/C15H12ClFN2/c1-19(14-5-3-13(17)4-6-14)15-7-2-11(9-16)8-12(15)10-18/h2-8H,9H2,1H3. The van der Waals surface area contributed by atoms with Gasteiger partial charge in [0, 0.05) is 18.6 Å². The van der Waals surface area contributed by atoms with Crippen LogP contribution in [0.25, 0.3) is 0 Å². The maximum atomic E-state index is 12.9. The fourth-order valence-corrected chi connectivity index (χ4v) is 2.02. The molecule has 0 spiro atoms. The van der Waals surface area contributed by atoms with Crippen molar-refractivity contribution in [2.24, 2.45) is 0 Å². The summed E-state index contributed by atoms with van der Waals surface area (Å²) < 4.78 is 12.9. The highest BCUT2D eigenvalue weighted by atomic mass is 35.5. The minimum Gasteiger partial charge on any atom is -0.344 e. The molecule has 0 aliphatic carbocycles. The summed E-state index contributed by atoms with van der Waals surface area (Å²) in [6.45, 7) is 0. The van der Waals surface area contributed by atoms with Crippen molar-refractivity contribution in [3.63, 3.8) is 0 Å². The highest BCUT2D eigenvalue weighted by Crippen LogP contribution is 2.28. The number of rotatable bonds is 3. The fraction of sp³-hybridized carbons (Fsp3) is 0.133. The van der Waals surface area contributed by atoms with E-state index in [0.717, 1.165) is 16.9 Å². The summed E-state index contributed by atoms with van der Waals surface area (Å²) in [5, 5.41) is 9.20. The van der Waals surface area contributed by atoms with Gasteiger partial charge in [0.1, 0.15) is 11.9 Å². The fourth-order valence-electron chi connectivity index (χ4n) is 1.85. The number of alkyl halides is 1. The molecule has 0 amide bonds. The van der Waals surface area contributed by atoms with E-state index in [0.29, 0.717) is 11.4 Å². The van der Waals surface area contributed by atoms with Crippen LogP contribution in [0.2, 0.25) is 0 Å². The number of anilines is 2. The van der Waals surface area contributed by atoms with Gasteiger partial charge in [0.2, 0.25) is 0 Å². The van der Waals surface area contributed by atoms with Gasteiger partial charge in [0.15, 0.2) is 0 Å². The molecule has 96 valence electrons. The van der Waals surface area contributed by atoms with E-state index in [1.54, 1.807) is 18.2 Å². The lowest BCUT2D eigenvalue weighted by Gasteiger charge is -2.21. The second kappa shape index (κ2) is 5.73. The average Bonchev–Trinajstić information content (AvgIpc) is 2.46. The van der Waals surface area contributed by atoms with Crippen LogP contribution in [0.3, 0.4) is 0 Å². The van der Waals surface area contributed by atoms with Crippen molar-refractivity contribution in [2.75, 3.05) is 11.9 Å². The molecule has 0 aliphatic heterocycles. The minimum absolute atomic E-state index is 0.282. The summed E-state index contributed by atoms with van der Waals surface area (Å²) in [6, 6.07) is 13.8. The molecule has 0 aromatic heterocycles. The van der Waals surface area contributed by atoms with E-state index in [2.05, 4.69) is 6.07 Å². The smallest absolute Gasteiger partial charge is 0.123 e. The van der Waals surface area contributed by atoms with Gasteiger partial charge in [-0.1, -0.05) is 6.07 Å². The molecule has 0 saturated heterocycles. The predicted molar refractivity (Wildman–Crippen MR) is 75.2 cm³/mol. The maximum absolute atomic E-state index is 12.9. The lowest BCUT2D eigenvalue weighted by molar-refractivity contribution is 0.628. The molecule has 0 N–H and O–H groups in total. The molecule has 0 radical (unpaired) electrons. The molecule has 0 fully saturated rings. The average molecular weight is 275 g/mol. The van der Waals surface area contributed by atoms with Crippen LogP contribution in [0.15, 0.2) is 42.5 Å². The maximum Gasteiger partial charge on any atom is 0.123 e. The summed E-state index contributed by atoms with van der Waals surface area (Å²) in [5.41, 5.74) is 3.03. The second-order valence-electron chi connectivity index (χ2n) is 4.13. The van der Waals surface area contributed by atoms with Crippen LogP contribution in [0.5, 0.6) is 0 Å². The molecule has 19 heavy (non-hydrogen) atoms. The molecule has 2 aromatic rings. The first-order valence-electron chi connectivity index (χ1n) is 5.74. The van der Waals surface area contributed by atoms with E-state index in [1.807, 2.05) is 24.1 Å². The van der Waals surface area contributed by atoms with E-state index in [4.69, 9.17) is 11.6 Å². The predicted octanol–water partition coefficient (Wildman–Crippen LogP) is 4.20. The third kappa shape index (κ3) is 2.86. The van der Waals surface area contributed by atoms with Gasteiger partial charge in [-0.25, -0.2) is 4.39 Å². The molecule has 0 aliphatic rings. The lowest BCUT2D eigenvalue weighted by atomic mass is 10.1. The quantitative estimate of drug-likeness (QED) is 0.784. The van der Waals surface area contributed by atoms with Crippen molar-refractivity contribution in [3.8, 4) is 6.07 Å². The van der Waals surface area contributed by atoms with Crippen LogP contribution in [0.4, 0.5) is 15.8 Å². The number of hydrogen-bond donors (Lipinski definition) is 0. The minimum atomic E-state index is -0.282. The monoisotopic (exact) mass is 274 g/mol. The van der Waals surface area contributed by atoms with Crippen molar-refractivity contribution in [3.05, 3.63) is 59.4 Å². The molecular weight excluding hydrogens is 263 g/mol. The zero-order valence-electron chi connectivity index (χ0n) is 10.4. The molecule has 0 heterocycles. The number of nitriles is 1. The van der Waals surface area contributed by atoms with E-state index in [-0.39, 0.29) is 5.82 Å². The largest absolute Gasteiger partial charge is 0.344 e. The van der Waals surface area contributed by atoms with Crippen LogP contribution >= 0.6 is 11.6 Å². The van der Waals surface area contributed by atoms with Gasteiger partial charge in [0.05, 0.1) is 11.3 Å². The van der Waals surface area contributed by atoms with Gasteiger partial charge < -0.3 is 4.90 Å². The summed E-state index contributed by atoms with van der Waals surface area (Å²) in [6.07, 6.45) is 0. The zero-order valence-corrected chi connectivity index (χ0v) is 11.2. The molecular formula is C15H12ClFN2. The van der Waals surface area contributed by atoms with Crippen LogP contribution in [0, 0.1) is 17.1 Å². The zero-order chi connectivity index (χ0) is 13.8. The number of halogens is 2. The third-order valence-electron chi connectivity index (χ3n) is 2.91.